The van der Waals surface area contributed by atoms with E-state index in [0.717, 1.165) is 71.0 Å². The number of fused-ring (bicyclic) bond motifs is 18. The van der Waals surface area contributed by atoms with E-state index < -0.39 is 0 Å². The van der Waals surface area contributed by atoms with E-state index in [4.69, 9.17) is 19.4 Å². The second-order valence-corrected chi connectivity index (χ2v) is 15.1. The Morgan fingerprint density at radius 3 is 1.48 bits per heavy atom. The third-order valence-corrected chi connectivity index (χ3v) is 12.0. The number of aromatic nitrogens is 4. The minimum Gasteiger partial charge on any atom is -0.455 e. The summed E-state index contributed by atoms with van der Waals surface area (Å²) in [5.74, 6) is 1.81. The van der Waals surface area contributed by atoms with Gasteiger partial charge in [0.2, 0.25) is 5.95 Å². The van der Waals surface area contributed by atoms with E-state index in [2.05, 4.69) is 168 Å². The Balaban J connectivity index is 1.14. The molecule has 0 spiro atoms. The molecule has 13 aromatic rings. The van der Waals surface area contributed by atoms with Crippen LogP contribution in [0.5, 0.6) is 0 Å². The Morgan fingerprint density at radius 1 is 0.328 bits per heavy atom. The first-order valence-corrected chi connectivity index (χ1v) is 19.6. The Hall–Kier alpha value is -7.89. The van der Waals surface area contributed by atoms with Gasteiger partial charge in [0.25, 0.3) is 0 Å². The summed E-state index contributed by atoms with van der Waals surface area (Å²) in [4.78, 5) is 15.6. The lowest BCUT2D eigenvalue weighted by Crippen LogP contribution is -2.06. The smallest absolute Gasteiger partial charge is 0.238 e. The molecule has 0 unspecified atom stereocenters. The quantitative estimate of drug-likeness (QED) is 0.169. The summed E-state index contributed by atoms with van der Waals surface area (Å²) in [6.45, 7) is 0. The first-order chi connectivity index (χ1) is 28.8. The van der Waals surface area contributed by atoms with E-state index in [0.29, 0.717) is 17.6 Å². The Morgan fingerprint density at radius 2 is 0.810 bits per heavy atom. The molecule has 0 radical (unpaired) electrons. The highest BCUT2D eigenvalue weighted by Crippen LogP contribution is 2.47. The van der Waals surface area contributed by atoms with Crippen LogP contribution in [0.2, 0.25) is 0 Å². The summed E-state index contributed by atoms with van der Waals surface area (Å²) < 4.78 is 9.04. The number of nitrogens with zero attached hydrogens (tertiary/aromatic N) is 4. The van der Waals surface area contributed by atoms with Crippen molar-refractivity contribution in [3.05, 3.63) is 182 Å². The van der Waals surface area contributed by atoms with Gasteiger partial charge in [-0.15, -0.1) is 0 Å². The van der Waals surface area contributed by atoms with E-state index in [1.165, 1.54) is 37.7 Å². The zero-order valence-corrected chi connectivity index (χ0v) is 31.0. The normalized spacial score (nSPS) is 12.1. The van der Waals surface area contributed by atoms with Crippen molar-refractivity contribution in [2.45, 2.75) is 0 Å². The minimum absolute atomic E-state index is 0.579. The predicted octanol–water partition coefficient (Wildman–Crippen LogP) is 14.0. The summed E-state index contributed by atoms with van der Waals surface area (Å²) in [6.07, 6.45) is 0. The Bertz CT molecular complexity index is 3810. The number of hydrogen-bond acceptors (Lipinski definition) is 4. The molecule has 0 atom stereocenters. The van der Waals surface area contributed by atoms with Crippen molar-refractivity contribution >= 4 is 97.6 Å². The molecule has 13 rings (SSSR count). The predicted molar refractivity (Wildman–Crippen MR) is 240 cm³/mol. The maximum atomic E-state index is 6.87. The van der Waals surface area contributed by atoms with Gasteiger partial charge in [-0.25, -0.2) is 4.98 Å². The second kappa shape index (κ2) is 11.8. The lowest BCUT2D eigenvalue weighted by Gasteiger charge is -2.14. The van der Waals surface area contributed by atoms with Crippen LogP contribution in [-0.4, -0.2) is 19.5 Å². The molecule has 0 saturated heterocycles. The molecular weight excluding hydrogens is 709 g/mol. The number of rotatable bonds is 3. The molecule has 0 amide bonds. The zero-order chi connectivity index (χ0) is 37.9. The van der Waals surface area contributed by atoms with Gasteiger partial charge in [-0.05, 0) is 73.4 Å². The molecule has 5 nitrogen and oxygen atoms in total. The largest absolute Gasteiger partial charge is 0.455 e. The van der Waals surface area contributed by atoms with Crippen molar-refractivity contribution in [3.63, 3.8) is 0 Å². The maximum absolute atomic E-state index is 6.87. The molecule has 0 fully saturated rings. The third kappa shape index (κ3) is 4.33. The van der Waals surface area contributed by atoms with Crippen molar-refractivity contribution in [1.29, 1.82) is 0 Å². The van der Waals surface area contributed by atoms with Gasteiger partial charge in [0.15, 0.2) is 11.6 Å². The molecule has 0 aliphatic carbocycles. The van der Waals surface area contributed by atoms with E-state index in [9.17, 15) is 0 Å². The lowest BCUT2D eigenvalue weighted by molar-refractivity contribution is 0.673. The fourth-order valence-electron chi connectivity index (χ4n) is 9.52. The molecule has 5 heteroatoms. The molecular formula is C53H30N4O. The van der Waals surface area contributed by atoms with Gasteiger partial charge in [0, 0.05) is 43.4 Å². The summed E-state index contributed by atoms with van der Waals surface area (Å²) in [5, 5.41) is 16.4. The fourth-order valence-corrected chi connectivity index (χ4v) is 9.52. The molecule has 3 heterocycles. The molecule has 58 heavy (non-hydrogen) atoms. The van der Waals surface area contributed by atoms with Gasteiger partial charge in [-0.2, -0.15) is 9.97 Å². The van der Waals surface area contributed by atoms with Gasteiger partial charge in [0.05, 0.1) is 11.0 Å². The molecule has 0 aliphatic rings. The molecule has 0 N–H and O–H groups in total. The van der Waals surface area contributed by atoms with Crippen molar-refractivity contribution in [3.8, 4) is 28.7 Å². The number of para-hydroxylation sites is 2. The highest BCUT2D eigenvalue weighted by Gasteiger charge is 2.22. The summed E-state index contributed by atoms with van der Waals surface area (Å²) >= 11 is 0. The van der Waals surface area contributed by atoms with Crippen LogP contribution in [0.1, 0.15) is 0 Å². The minimum atomic E-state index is 0.579. The van der Waals surface area contributed by atoms with Gasteiger partial charge in [0.1, 0.15) is 11.2 Å². The Kier molecular flexibility index (Phi) is 6.38. The number of furan rings is 1. The van der Waals surface area contributed by atoms with Crippen LogP contribution in [0.3, 0.4) is 0 Å². The van der Waals surface area contributed by atoms with Crippen LogP contribution in [0.15, 0.2) is 186 Å². The molecule has 0 bridgehead atoms. The second-order valence-electron chi connectivity index (χ2n) is 15.1. The number of benzene rings is 10. The van der Waals surface area contributed by atoms with Crippen LogP contribution in [0.4, 0.5) is 0 Å². The molecule has 0 aliphatic heterocycles. The highest BCUT2D eigenvalue weighted by molar-refractivity contribution is 6.39. The standard InChI is InChI=1S/C53H30N4O/c1-2-14-31(15-3-1)51-54-52(56-53(55-51)57-44-24-12-10-20-37(44)38-21-11-13-25-45(38)57)32-26-27-41-43(30-32)36-19-5-4-17-34(36)40-28-29-46-49(47(40)41)48-39-22-8-6-16-33(39)35-18-7-9-23-42(35)50(48)58-46/h1-30H. The molecule has 3 aromatic heterocycles. The van der Waals surface area contributed by atoms with Crippen LogP contribution in [0.25, 0.3) is 126 Å². The van der Waals surface area contributed by atoms with Crippen LogP contribution >= 0.6 is 0 Å². The highest BCUT2D eigenvalue weighted by atomic mass is 16.3. The number of hydrogen-bond donors (Lipinski definition) is 0. The summed E-state index contributed by atoms with van der Waals surface area (Å²) in [7, 11) is 0. The van der Waals surface area contributed by atoms with Crippen LogP contribution < -0.4 is 0 Å². The molecule has 10 aromatic carbocycles. The third-order valence-electron chi connectivity index (χ3n) is 12.0. The van der Waals surface area contributed by atoms with E-state index >= 15 is 0 Å². The molecule has 268 valence electrons. The van der Waals surface area contributed by atoms with E-state index in [1.807, 2.05) is 18.2 Å². The van der Waals surface area contributed by atoms with Gasteiger partial charge in [-0.3, -0.25) is 4.57 Å². The van der Waals surface area contributed by atoms with Gasteiger partial charge < -0.3 is 4.42 Å². The SMILES string of the molecule is c1ccc(-c2nc(-c3ccc4c(c3)c3ccccc3c3ccc5oc6c7ccccc7c7ccccc7c6c5c34)nc(-n3c4ccccc4c4ccccc43)n2)cc1. The monoisotopic (exact) mass is 738 g/mol. The van der Waals surface area contributed by atoms with E-state index in [-0.39, 0.29) is 0 Å². The van der Waals surface area contributed by atoms with Gasteiger partial charge in [-0.1, -0.05) is 152 Å². The van der Waals surface area contributed by atoms with Crippen LogP contribution in [0, 0.1) is 0 Å². The fraction of sp³-hybridized carbons (Fsp3) is 0. The average molecular weight is 739 g/mol. The summed E-state index contributed by atoms with van der Waals surface area (Å²) in [5.41, 5.74) is 5.75. The van der Waals surface area contributed by atoms with Crippen molar-refractivity contribution < 1.29 is 4.42 Å². The topological polar surface area (TPSA) is 56.7 Å². The first-order valence-electron chi connectivity index (χ1n) is 19.6. The molecule has 0 saturated carbocycles. The van der Waals surface area contributed by atoms with Crippen molar-refractivity contribution in [2.24, 2.45) is 0 Å². The Labute approximate surface area is 331 Å². The first kappa shape index (κ1) is 31.3. The summed E-state index contributed by atoms with van der Waals surface area (Å²) in [6, 6.07) is 64.2. The average Bonchev–Trinajstić information content (AvgIpc) is 3.86. The van der Waals surface area contributed by atoms with Crippen molar-refractivity contribution in [1.82, 2.24) is 19.5 Å². The van der Waals surface area contributed by atoms with E-state index in [1.54, 1.807) is 0 Å². The zero-order valence-electron chi connectivity index (χ0n) is 31.0. The maximum Gasteiger partial charge on any atom is 0.238 e. The van der Waals surface area contributed by atoms with Gasteiger partial charge >= 0.3 is 0 Å². The van der Waals surface area contributed by atoms with Crippen LogP contribution in [-0.2, 0) is 0 Å². The van der Waals surface area contributed by atoms with Crippen molar-refractivity contribution in [2.75, 3.05) is 0 Å². The lowest BCUT2D eigenvalue weighted by atomic mass is 9.89.